The molecule has 2 heterocycles. The maximum atomic E-state index is 10.2. The van der Waals surface area contributed by atoms with E-state index in [0.29, 0.717) is 5.02 Å². The summed E-state index contributed by atoms with van der Waals surface area (Å²) in [7, 11) is 0. The number of aromatic carboxylic acids is 1. The summed E-state index contributed by atoms with van der Waals surface area (Å²) in [5, 5.41) is 15.1. The monoisotopic (exact) mass is 309 g/mol. The van der Waals surface area contributed by atoms with Crippen molar-refractivity contribution in [2.24, 2.45) is 10.8 Å². The Morgan fingerprint density at radius 2 is 1.95 bits per heavy atom. The van der Waals surface area contributed by atoms with Crippen molar-refractivity contribution in [3.8, 4) is 0 Å². The van der Waals surface area contributed by atoms with E-state index in [2.05, 4.69) is 5.10 Å². The summed E-state index contributed by atoms with van der Waals surface area (Å²) in [6, 6.07) is 5.94. The minimum Gasteiger partial charge on any atom is -0.545 e. The van der Waals surface area contributed by atoms with Crippen LogP contribution in [0.3, 0.4) is 0 Å². The van der Waals surface area contributed by atoms with E-state index in [9.17, 15) is 9.90 Å². The Balaban J connectivity index is 0.000000155. The van der Waals surface area contributed by atoms with Crippen molar-refractivity contribution in [2.45, 2.75) is 25.7 Å². The highest BCUT2D eigenvalue weighted by Gasteiger charge is 2.34. The third-order valence-electron chi connectivity index (χ3n) is 3.83. The van der Waals surface area contributed by atoms with Crippen LogP contribution in [0.1, 0.15) is 36.0 Å². The zero-order valence-corrected chi connectivity index (χ0v) is 12.7. The van der Waals surface area contributed by atoms with Gasteiger partial charge in [0.1, 0.15) is 19.6 Å². The van der Waals surface area contributed by atoms with Crippen LogP contribution in [-0.4, -0.2) is 36.0 Å². The van der Waals surface area contributed by atoms with Crippen LogP contribution in [0.25, 0.3) is 0 Å². The van der Waals surface area contributed by atoms with Crippen LogP contribution in [0, 0.1) is 0 Å². The number of nitrogens with zero attached hydrogens (tertiary/aromatic N) is 2. The van der Waals surface area contributed by atoms with Gasteiger partial charge < -0.3 is 15.6 Å². The van der Waals surface area contributed by atoms with Crippen LogP contribution in [-0.2, 0) is 0 Å². The molecule has 3 rings (SSSR count). The molecule has 5 nitrogen and oxygen atoms in total. The molecular weight excluding hydrogens is 290 g/mol. The minimum absolute atomic E-state index is 0.104. The van der Waals surface area contributed by atoms with Gasteiger partial charge in [-0.2, -0.15) is 4.59 Å². The van der Waals surface area contributed by atoms with E-state index in [0.717, 1.165) is 23.4 Å². The molecule has 1 aromatic carbocycles. The summed E-state index contributed by atoms with van der Waals surface area (Å²) in [6.45, 7) is 3.60. The second-order valence-electron chi connectivity index (χ2n) is 5.47. The lowest BCUT2D eigenvalue weighted by molar-refractivity contribution is -0.933. The summed E-state index contributed by atoms with van der Waals surface area (Å²) in [4.78, 5) is 10.2. The first kappa shape index (κ1) is 15.8. The van der Waals surface area contributed by atoms with Gasteiger partial charge in [0.2, 0.25) is 0 Å². The lowest BCUT2D eigenvalue weighted by Crippen LogP contribution is -2.44. The van der Waals surface area contributed by atoms with Gasteiger partial charge in [-0.1, -0.05) is 28.8 Å². The summed E-state index contributed by atoms with van der Waals surface area (Å²) in [6.07, 6.45) is 5.06. The lowest BCUT2D eigenvalue weighted by atomic mass is 10.1. The molecule has 2 N–H and O–H groups in total. The topological polar surface area (TPSA) is 78.5 Å². The van der Waals surface area contributed by atoms with Gasteiger partial charge in [-0.15, -0.1) is 0 Å². The van der Waals surface area contributed by atoms with Gasteiger partial charge in [0, 0.05) is 5.02 Å². The molecule has 1 spiro atoms. The molecule has 114 valence electrons. The van der Waals surface area contributed by atoms with Crippen molar-refractivity contribution >= 4 is 23.4 Å². The van der Waals surface area contributed by atoms with E-state index < -0.39 is 5.97 Å². The summed E-state index contributed by atoms with van der Waals surface area (Å²) >= 11 is 5.50. The van der Waals surface area contributed by atoms with Crippen molar-refractivity contribution in [1.82, 2.24) is 0 Å². The number of hydrogen-bond acceptors (Lipinski definition) is 4. The molecule has 2 aliphatic heterocycles. The Morgan fingerprint density at radius 3 is 2.43 bits per heavy atom. The SMILES string of the molecule is NC1=N[N+]2(CCCCC2)CC1.O=C([O-])c1cccc(Cl)c1. The maximum Gasteiger partial charge on any atom is 0.161 e. The quantitative estimate of drug-likeness (QED) is 0.796. The molecule has 1 saturated heterocycles. The van der Waals surface area contributed by atoms with E-state index in [-0.39, 0.29) is 5.56 Å². The average molecular weight is 310 g/mol. The van der Waals surface area contributed by atoms with Crippen molar-refractivity contribution < 1.29 is 14.5 Å². The van der Waals surface area contributed by atoms with Crippen LogP contribution in [0.2, 0.25) is 5.02 Å². The molecule has 21 heavy (non-hydrogen) atoms. The fourth-order valence-corrected chi connectivity index (χ4v) is 2.93. The maximum absolute atomic E-state index is 10.2. The molecule has 0 atom stereocenters. The number of rotatable bonds is 1. The highest BCUT2D eigenvalue weighted by molar-refractivity contribution is 6.30. The lowest BCUT2D eigenvalue weighted by Gasteiger charge is -2.31. The predicted molar refractivity (Wildman–Crippen MR) is 80.7 cm³/mol. The van der Waals surface area contributed by atoms with Crippen LogP contribution < -0.4 is 10.8 Å². The highest BCUT2D eigenvalue weighted by Crippen LogP contribution is 2.23. The molecule has 1 aromatic rings. The smallest absolute Gasteiger partial charge is 0.161 e. The number of halogens is 1. The molecule has 0 radical (unpaired) electrons. The van der Waals surface area contributed by atoms with Crippen LogP contribution in [0.4, 0.5) is 0 Å². The van der Waals surface area contributed by atoms with Crippen LogP contribution >= 0.6 is 11.6 Å². The molecule has 0 aliphatic carbocycles. The van der Waals surface area contributed by atoms with E-state index in [1.54, 1.807) is 12.1 Å². The summed E-state index contributed by atoms with van der Waals surface area (Å²) in [5.41, 5.74) is 5.78. The second-order valence-corrected chi connectivity index (χ2v) is 5.90. The van der Waals surface area contributed by atoms with Crippen LogP contribution in [0.5, 0.6) is 0 Å². The van der Waals surface area contributed by atoms with E-state index >= 15 is 0 Å². The van der Waals surface area contributed by atoms with E-state index in [1.807, 2.05) is 0 Å². The molecule has 6 heteroatoms. The van der Waals surface area contributed by atoms with Gasteiger partial charge in [0.25, 0.3) is 0 Å². The fraction of sp³-hybridized carbons (Fsp3) is 0.467. The Hall–Kier alpha value is -1.59. The average Bonchev–Trinajstić information content (AvgIpc) is 2.81. The van der Waals surface area contributed by atoms with Crippen molar-refractivity contribution in [2.75, 3.05) is 19.6 Å². The van der Waals surface area contributed by atoms with Crippen molar-refractivity contribution in [3.05, 3.63) is 34.9 Å². The zero-order chi connectivity index (χ0) is 15.3. The summed E-state index contributed by atoms with van der Waals surface area (Å²) < 4.78 is 0.950. The standard InChI is InChI=1S/C8H16N3.C7H5ClO2/c9-8-4-7-11(10-8)5-2-1-3-6-11;8-6-3-1-2-5(4-6)7(9)10/h1-7H2,(H2,9,10);1-4H,(H,9,10)/q+1;/p-1. The second kappa shape index (κ2) is 6.91. The number of carbonyl (C=O) groups is 1. The van der Waals surface area contributed by atoms with Gasteiger partial charge in [-0.3, -0.25) is 0 Å². The van der Waals surface area contributed by atoms with Gasteiger partial charge in [0.05, 0.1) is 12.4 Å². The predicted octanol–water partition coefficient (Wildman–Crippen LogP) is 1.37. The first-order chi connectivity index (χ1) is 10.0. The summed E-state index contributed by atoms with van der Waals surface area (Å²) in [5.74, 6) is -0.339. The van der Waals surface area contributed by atoms with Gasteiger partial charge >= 0.3 is 0 Å². The molecule has 0 saturated carbocycles. The number of nitrogens with two attached hydrogens (primary N) is 1. The number of carboxylic acid groups (broad SMARTS) is 1. The minimum atomic E-state index is -1.21. The molecule has 1 fully saturated rings. The Kier molecular flexibility index (Phi) is 5.20. The van der Waals surface area contributed by atoms with Crippen LogP contribution in [0.15, 0.2) is 29.4 Å². The molecular formula is C15H20ClN3O2. The third-order valence-corrected chi connectivity index (χ3v) is 4.07. The first-order valence-corrected chi connectivity index (χ1v) is 7.56. The first-order valence-electron chi connectivity index (χ1n) is 7.18. The molecule has 2 aliphatic rings. The molecule has 0 unspecified atom stereocenters. The number of amidine groups is 1. The Bertz CT molecular complexity index is 539. The fourth-order valence-electron chi connectivity index (χ4n) is 2.74. The van der Waals surface area contributed by atoms with E-state index in [1.165, 1.54) is 44.5 Å². The number of quaternary nitrogens is 1. The molecule has 0 bridgehead atoms. The van der Waals surface area contributed by atoms with Gasteiger partial charge in [-0.25, -0.2) is 0 Å². The Morgan fingerprint density at radius 1 is 1.24 bits per heavy atom. The number of hydrogen-bond donors (Lipinski definition) is 1. The van der Waals surface area contributed by atoms with Crippen molar-refractivity contribution in [1.29, 1.82) is 0 Å². The largest absolute Gasteiger partial charge is 0.545 e. The normalized spacial score (nSPS) is 19.6. The highest BCUT2D eigenvalue weighted by atomic mass is 35.5. The van der Waals surface area contributed by atoms with E-state index in [4.69, 9.17) is 17.3 Å². The number of benzene rings is 1. The molecule has 0 aromatic heterocycles. The third kappa shape index (κ3) is 4.44. The van der Waals surface area contributed by atoms with Gasteiger partial charge in [0.15, 0.2) is 5.84 Å². The van der Waals surface area contributed by atoms with Gasteiger partial charge in [-0.05, 0) is 37.0 Å². The molecule has 0 amide bonds. The van der Waals surface area contributed by atoms with Crippen molar-refractivity contribution in [3.63, 3.8) is 0 Å². The zero-order valence-electron chi connectivity index (χ0n) is 11.9. The number of carbonyl (C=O) groups excluding carboxylic acids is 1. The Labute approximate surface area is 129 Å². The number of carboxylic acids is 1. The number of piperidine rings is 1.